The van der Waals surface area contributed by atoms with Crippen LogP contribution in [-0.2, 0) is 11.2 Å². The van der Waals surface area contributed by atoms with Gasteiger partial charge < -0.3 is 4.74 Å². The second-order valence-electron chi connectivity index (χ2n) is 3.00. The van der Waals surface area contributed by atoms with Crippen molar-refractivity contribution < 1.29 is 9.53 Å². The summed E-state index contributed by atoms with van der Waals surface area (Å²) in [6.07, 6.45) is 0.0610. The third-order valence-electron chi connectivity index (χ3n) is 2.01. The monoisotopic (exact) mass is 241 g/mol. The van der Waals surface area contributed by atoms with E-state index < -0.39 is 0 Å². The number of hydrogen-bond donors (Lipinski definition) is 0. The Balaban J connectivity index is 2.42. The molecule has 1 aliphatic rings. The maximum atomic E-state index is 11.3. The molecule has 1 unspecified atom stereocenters. The third kappa shape index (κ3) is 1.58. The summed E-state index contributed by atoms with van der Waals surface area (Å²) in [4.78, 5) is 15.4. The summed E-state index contributed by atoms with van der Waals surface area (Å²) in [6.45, 7) is 1.74. The van der Waals surface area contributed by atoms with Crippen molar-refractivity contribution in [3.8, 4) is 5.88 Å². The van der Waals surface area contributed by atoms with Gasteiger partial charge in [0.25, 0.3) is 0 Å². The van der Waals surface area contributed by atoms with Crippen LogP contribution in [0.1, 0.15) is 12.5 Å². The first-order valence-corrected chi connectivity index (χ1v) is 4.81. The van der Waals surface area contributed by atoms with Crippen molar-refractivity contribution in [2.75, 3.05) is 0 Å². The Bertz CT molecular complexity index is 365. The fraction of sp³-hybridized carbons (Fsp3) is 0.333. The smallest absolute Gasteiger partial charge is 0.218 e. The molecule has 0 bridgehead atoms. The minimum absolute atomic E-state index is 0.108. The largest absolute Gasteiger partial charge is 0.466 e. The van der Waals surface area contributed by atoms with Gasteiger partial charge in [0.15, 0.2) is 11.9 Å². The molecule has 0 aliphatic carbocycles. The van der Waals surface area contributed by atoms with E-state index in [1.807, 2.05) is 12.1 Å². The van der Waals surface area contributed by atoms with E-state index in [4.69, 9.17) is 4.74 Å². The minimum atomic E-state index is -0.366. The van der Waals surface area contributed by atoms with E-state index in [2.05, 4.69) is 20.9 Å². The Morgan fingerprint density at radius 1 is 1.62 bits per heavy atom. The Kier molecular flexibility index (Phi) is 2.07. The van der Waals surface area contributed by atoms with Crippen molar-refractivity contribution in [1.82, 2.24) is 4.98 Å². The van der Waals surface area contributed by atoms with Crippen molar-refractivity contribution >= 4 is 21.7 Å². The number of hydrogen-bond acceptors (Lipinski definition) is 3. The highest BCUT2D eigenvalue weighted by Gasteiger charge is 2.24. The first-order chi connectivity index (χ1) is 6.16. The second-order valence-corrected chi connectivity index (χ2v) is 3.81. The van der Waals surface area contributed by atoms with Crippen molar-refractivity contribution in [3.05, 3.63) is 22.3 Å². The number of aromatic nitrogens is 1. The highest BCUT2D eigenvalue weighted by Crippen LogP contribution is 2.25. The molecule has 13 heavy (non-hydrogen) atoms. The molecule has 0 radical (unpaired) electrons. The standard InChI is InChI=1S/C9H8BrNO2/c1-5-7(12)4-6-2-3-8(10)11-9(6)13-5/h2-3,5H,4H2,1H3. The number of ether oxygens (including phenoxy) is 1. The van der Waals surface area contributed by atoms with E-state index in [0.717, 1.165) is 10.2 Å². The lowest BCUT2D eigenvalue weighted by molar-refractivity contribution is -0.125. The molecule has 1 aromatic heterocycles. The van der Waals surface area contributed by atoms with E-state index in [0.29, 0.717) is 12.3 Å². The van der Waals surface area contributed by atoms with Crippen molar-refractivity contribution in [2.45, 2.75) is 19.4 Å². The number of Topliss-reactive ketones (excluding diaryl/α,β-unsaturated/α-hetero) is 1. The molecule has 1 aromatic rings. The lowest BCUT2D eigenvalue weighted by Gasteiger charge is -2.20. The maximum absolute atomic E-state index is 11.3. The van der Waals surface area contributed by atoms with Crippen LogP contribution in [0.2, 0.25) is 0 Å². The Morgan fingerprint density at radius 3 is 3.15 bits per heavy atom. The molecular formula is C9H8BrNO2. The number of ketones is 1. The van der Waals surface area contributed by atoms with Gasteiger partial charge in [-0.1, -0.05) is 6.07 Å². The molecule has 4 heteroatoms. The van der Waals surface area contributed by atoms with Gasteiger partial charge in [0.1, 0.15) is 4.60 Å². The number of rotatable bonds is 0. The van der Waals surface area contributed by atoms with Crippen molar-refractivity contribution in [2.24, 2.45) is 0 Å². The highest BCUT2D eigenvalue weighted by atomic mass is 79.9. The number of carbonyl (C=O) groups is 1. The second kappa shape index (κ2) is 3.10. The molecule has 2 heterocycles. The van der Waals surface area contributed by atoms with Crippen LogP contribution >= 0.6 is 15.9 Å². The van der Waals surface area contributed by atoms with Gasteiger partial charge in [-0.2, -0.15) is 0 Å². The fourth-order valence-electron chi connectivity index (χ4n) is 1.25. The molecule has 3 nitrogen and oxygen atoms in total. The first-order valence-electron chi connectivity index (χ1n) is 4.01. The van der Waals surface area contributed by atoms with E-state index in [1.54, 1.807) is 6.92 Å². The van der Waals surface area contributed by atoms with Crippen molar-refractivity contribution in [1.29, 1.82) is 0 Å². The van der Waals surface area contributed by atoms with E-state index in [-0.39, 0.29) is 11.9 Å². The van der Waals surface area contributed by atoms with Gasteiger partial charge in [-0.25, -0.2) is 4.98 Å². The average molecular weight is 242 g/mol. The van der Waals surface area contributed by atoms with Crippen LogP contribution in [0.15, 0.2) is 16.7 Å². The highest BCUT2D eigenvalue weighted by molar-refractivity contribution is 9.10. The zero-order chi connectivity index (χ0) is 9.42. The molecule has 68 valence electrons. The lowest BCUT2D eigenvalue weighted by atomic mass is 10.0. The number of halogens is 1. The van der Waals surface area contributed by atoms with Crippen LogP contribution in [0, 0.1) is 0 Å². The van der Waals surface area contributed by atoms with Gasteiger partial charge in [0, 0.05) is 12.0 Å². The minimum Gasteiger partial charge on any atom is -0.466 e. The summed E-state index contributed by atoms with van der Waals surface area (Å²) < 4.78 is 6.06. The summed E-state index contributed by atoms with van der Waals surface area (Å²) >= 11 is 3.25. The third-order valence-corrected chi connectivity index (χ3v) is 2.45. The quantitative estimate of drug-likeness (QED) is 0.650. The average Bonchev–Trinajstić information content (AvgIpc) is 2.08. The molecule has 0 aromatic carbocycles. The van der Waals surface area contributed by atoms with Gasteiger partial charge in [0.05, 0.1) is 0 Å². The molecule has 0 N–H and O–H groups in total. The summed E-state index contributed by atoms with van der Waals surface area (Å²) in [5.74, 6) is 0.679. The molecule has 2 rings (SSSR count). The van der Waals surface area contributed by atoms with E-state index >= 15 is 0 Å². The Labute approximate surface area is 84.2 Å². The van der Waals surface area contributed by atoms with Gasteiger partial charge in [0.2, 0.25) is 5.88 Å². The zero-order valence-corrected chi connectivity index (χ0v) is 8.67. The van der Waals surface area contributed by atoms with Crippen LogP contribution in [-0.4, -0.2) is 16.9 Å². The molecule has 0 spiro atoms. The predicted molar refractivity (Wildman–Crippen MR) is 50.7 cm³/mol. The van der Waals surface area contributed by atoms with Gasteiger partial charge in [-0.15, -0.1) is 0 Å². The number of fused-ring (bicyclic) bond motifs is 1. The molecule has 1 atom stereocenters. The van der Waals surface area contributed by atoms with Crippen LogP contribution in [0.4, 0.5) is 0 Å². The molecular weight excluding hydrogens is 234 g/mol. The summed E-state index contributed by atoms with van der Waals surface area (Å²) in [7, 11) is 0. The topological polar surface area (TPSA) is 39.2 Å². The summed E-state index contributed by atoms with van der Waals surface area (Å²) in [5, 5.41) is 0. The number of nitrogens with zero attached hydrogens (tertiary/aromatic N) is 1. The molecule has 0 amide bonds. The lowest BCUT2D eigenvalue weighted by Crippen LogP contribution is -2.30. The van der Waals surface area contributed by atoms with Crippen LogP contribution < -0.4 is 4.74 Å². The molecule has 0 saturated heterocycles. The van der Waals surface area contributed by atoms with Gasteiger partial charge in [-0.3, -0.25) is 4.79 Å². The first kappa shape index (κ1) is 8.69. The Morgan fingerprint density at radius 2 is 2.38 bits per heavy atom. The summed E-state index contributed by atoms with van der Waals surface area (Å²) in [5.41, 5.74) is 0.867. The van der Waals surface area contributed by atoms with Gasteiger partial charge >= 0.3 is 0 Å². The van der Waals surface area contributed by atoms with Crippen LogP contribution in [0.5, 0.6) is 5.88 Å². The van der Waals surface area contributed by atoms with Crippen LogP contribution in [0.3, 0.4) is 0 Å². The molecule has 0 saturated carbocycles. The number of carbonyl (C=O) groups excluding carboxylic acids is 1. The number of pyridine rings is 1. The van der Waals surface area contributed by atoms with Gasteiger partial charge in [-0.05, 0) is 28.9 Å². The SMILES string of the molecule is CC1Oc2nc(Br)ccc2CC1=O. The normalized spacial score (nSPS) is 20.8. The van der Waals surface area contributed by atoms with Crippen LogP contribution in [0.25, 0.3) is 0 Å². The van der Waals surface area contributed by atoms with E-state index in [1.165, 1.54) is 0 Å². The zero-order valence-electron chi connectivity index (χ0n) is 7.08. The fourth-order valence-corrected chi connectivity index (χ4v) is 1.54. The maximum Gasteiger partial charge on any atom is 0.218 e. The van der Waals surface area contributed by atoms with Crippen molar-refractivity contribution in [3.63, 3.8) is 0 Å². The Hall–Kier alpha value is -0.900. The molecule has 1 aliphatic heterocycles. The molecule has 0 fully saturated rings. The van der Waals surface area contributed by atoms with E-state index in [9.17, 15) is 4.79 Å². The summed E-state index contributed by atoms with van der Waals surface area (Å²) in [6, 6.07) is 3.67. The predicted octanol–water partition coefficient (Wildman–Crippen LogP) is 1.74.